The second-order valence-electron chi connectivity index (χ2n) is 5.94. The summed E-state index contributed by atoms with van der Waals surface area (Å²) in [6, 6.07) is 18.4. The van der Waals surface area contributed by atoms with Gasteiger partial charge in [-0.1, -0.05) is 60.7 Å². The van der Waals surface area contributed by atoms with E-state index in [-0.39, 0.29) is 13.2 Å². The van der Waals surface area contributed by atoms with Gasteiger partial charge in [-0.25, -0.2) is 4.57 Å². The molecule has 6 heteroatoms. The fourth-order valence-electron chi connectivity index (χ4n) is 1.50. The molecular formula is C18H24AgO4P. The Morgan fingerprint density at radius 3 is 1.46 bits per heavy atom. The van der Waals surface area contributed by atoms with Crippen molar-refractivity contribution < 1.29 is 39.6 Å². The van der Waals surface area contributed by atoms with Crippen molar-refractivity contribution in [2.24, 2.45) is 0 Å². The third-order valence-corrected chi connectivity index (χ3v) is 3.39. The largest absolute Gasteiger partial charge is 0.472 e. The monoisotopic (exact) mass is 442 g/mol. The molecule has 0 amide bonds. The SMILES string of the molecule is C[C](C)(C)[Ag].O=P(O)(OCc1ccccc1)OCc1ccccc1. The minimum Gasteiger partial charge on any atom is -0.302 e. The van der Waals surface area contributed by atoms with E-state index in [9.17, 15) is 9.46 Å². The van der Waals surface area contributed by atoms with E-state index in [0.29, 0.717) is 3.63 Å². The summed E-state index contributed by atoms with van der Waals surface area (Å²) in [7, 11) is -4.02. The van der Waals surface area contributed by atoms with Gasteiger partial charge in [0.15, 0.2) is 0 Å². The number of phosphoric ester groups is 1. The van der Waals surface area contributed by atoms with Crippen LogP contribution in [0.15, 0.2) is 60.7 Å². The van der Waals surface area contributed by atoms with Gasteiger partial charge in [-0.05, 0) is 11.1 Å². The van der Waals surface area contributed by atoms with Crippen LogP contribution in [0.4, 0.5) is 0 Å². The molecular weight excluding hydrogens is 419 g/mol. The van der Waals surface area contributed by atoms with E-state index in [0.717, 1.165) is 11.1 Å². The van der Waals surface area contributed by atoms with Crippen LogP contribution in [0.1, 0.15) is 31.9 Å². The molecule has 4 nitrogen and oxygen atoms in total. The third kappa shape index (κ3) is 11.8. The van der Waals surface area contributed by atoms with E-state index < -0.39 is 7.82 Å². The molecule has 2 aromatic carbocycles. The van der Waals surface area contributed by atoms with Crippen LogP contribution in [-0.2, 0) is 47.9 Å². The molecule has 2 aromatic rings. The van der Waals surface area contributed by atoms with E-state index in [1.54, 1.807) is 0 Å². The van der Waals surface area contributed by atoms with Crippen molar-refractivity contribution in [3.8, 4) is 0 Å². The summed E-state index contributed by atoms with van der Waals surface area (Å²) >= 11 is 3.39. The van der Waals surface area contributed by atoms with Crippen LogP contribution in [0.5, 0.6) is 0 Å². The van der Waals surface area contributed by atoms with Crippen molar-refractivity contribution >= 4 is 7.82 Å². The van der Waals surface area contributed by atoms with Gasteiger partial charge in [0.05, 0.1) is 13.2 Å². The Bertz CT molecular complexity index is 573. The van der Waals surface area contributed by atoms with Crippen LogP contribution in [-0.4, -0.2) is 4.89 Å². The number of rotatable bonds is 6. The molecule has 0 atom stereocenters. The van der Waals surface area contributed by atoms with Gasteiger partial charge in [0.2, 0.25) is 0 Å². The van der Waals surface area contributed by atoms with Crippen LogP contribution in [0.3, 0.4) is 0 Å². The number of hydrogen-bond acceptors (Lipinski definition) is 3. The summed E-state index contributed by atoms with van der Waals surface area (Å²) in [5, 5.41) is 0. The maximum atomic E-state index is 11.7. The molecule has 24 heavy (non-hydrogen) atoms. The average molecular weight is 443 g/mol. The zero-order valence-corrected chi connectivity index (χ0v) is 16.5. The first-order valence-electron chi connectivity index (χ1n) is 7.50. The predicted molar refractivity (Wildman–Crippen MR) is 92.0 cm³/mol. The molecule has 0 radical (unpaired) electrons. The van der Waals surface area contributed by atoms with Gasteiger partial charge in [0, 0.05) is 0 Å². The minimum atomic E-state index is -4.02. The van der Waals surface area contributed by atoms with Gasteiger partial charge in [-0.2, -0.15) is 0 Å². The summed E-state index contributed by atoms with van der Waals surface area (Å²) in [6.07, 6.45) is 0. The van der Waals surface area contributed by atoms with Crippen molar-refractivity contribution in [2.45, 2.75) is 37.6 Å². The summed E-state index contributed by atoms with van der Waals surface area (Å²) in [4.78, 5) is 9.55. The van der Waals surface area contributed by atoms with Crippen LogP contribution >= 0.6 is 7.82 Å². The molecule has 0 saturated heterocycles. The molecule has 0 aliphatic rings. The van der Waals surface area contributed by atoms with Gasteiger partial charge >= 0.3 is 53.3 Å². The van der Waals surface area contributed by atoms with E-state index in [1.165, 1.54) is 0 Å². The third-order valence-electron chi connectivity index (χ3n) is 2.47. The van der Waals surface area contributed by atoms with Crippen LogP contribution < -0.4 is 0 Å². The molecule has 0 unspecified atom stereocenters. The molecule has 0 aliphatic carbocycles. The normalized spacial score (nSPS) is 11.6. The standard InChI is InChI=1S/C14H15O4P.C4H9.Ag/c15-19(16,17-11-13-7-3-1-4-8-13)18-12-14-9-5-2-6-10-14;1-4(2)3;/h1-10H,11-12H2,(H,15,16);1-3H3;. The Morgan fingerprint density at radius 1 is 0.875 bits per heavy atom. The fraction of sp³-hybridized carbons (Fsp3) is 0.333. The summed E-state index contributed by atoms with van der Waals surface area (Å²) in [5.74, 6) is 0. The molecule has 1 N–H and O–H groups in total. The first-order valence-corrected chi connectivity index (χ1v) is 9.74. The van der Waals surface area contributed by atoms with Gasteiger partial charge in [0.1, 0.15) is 0 Å². The average Bonchev–Trinajstić information content (AvgIpc) is 2.52. The van der Waals surface area contributed by atoms with Crippen molar-refractivity contribution in [3.63, 3.8) is 0 Å². The molecule has 2 rings (SSSR count). The topological polar surface area (TPSA) is 55.8 Å². The zero-order chi connectivity index (χ0) is 18.1. The van der Waals surface area contributed by atoms with Crippen molar-refractivity contribution in [2.75, 3.05) is 0 Å². The van der Waals surface area contributed by atoms with Crippen molar-refractivity contribution in [1.29, 1.82) is 0 Å². The number of hydrogen-bond donors (Lipinski definition) is 1. The van der Waals surface area contributed by atoms with Crippen molar-refractivity contribution in [1.82, 2.24) is 0 Å². The van der Waals surface area contributed by atoms with Crippen LogP contribution in [0.2, 0.25) is 3.63 Å². The first-order chi connectivity index (χ1) is 11.2. The van der Waals surface area contributed by atoms with E-state index in [4.69, 9.17) is 9.05 Å². The maximum Gasteiger partial charge on any atom is 0.472 e. The quantitative estimate of drug-likeness (QED) is 0.488. The molecule has 0 aromatic heterocycles. The smallest absolute Gasteiger partial charge is 0.302 e. The van der Waals surface area contributed by atoms with Gasteiger partial charge in [0.25, 0.3) is 0 Å². The molecule has 0 bridgehead atoms. The predicted octanol–water partition coefficient (Wildman–Crippen LogP) is 5.27. The van der Waals surface area contributed by atoms with E-state index in [2.05, 4.69) is 41.8 Å². The molecule has 136 valence electrons. The second kappa shape index (κ2) is 10.3. The molecule has 0 spiro atoms. The molecule has 0 saturated carbocycles. The second-order valence-corrected chi connectivity index (χ2v) is 9.62. The van der Waals surface area contributed by atoms with Gasteiger partial charge in [-0.3, -0.25) is 9.05 Å². The fourth-order valence-corrected chi connectivity index (χ4v) is 2.20. The molecule has 0 aliphatic heterocycles. The van der Waals surface area contributed by atoms with E-state index >= 15 is 0 Å². The zero-order valence-electron chi connectivity index (χ0n) is 14.1. The van der Waals surface area contributed by atoms with Crippen molar-refractivity contribution in [3.05, 3.63) is 71.8 Å². The molecule has 0 heterocycles. The Morgan fingerprint density at radius 2 is 1.17 bits per heavy atom. The summed E-state index contributed by atoms with van der Waals surface area (Å²) in [5.41, 5.74) is 1.64. The van der Waals surface area contributed by atoms with Gasteiger partial charge < -0.3 is 4.89 Å². The Balaban J connectivity index is 0.000000505. The number of benzene rings is 2. The maximum absolute atomic E-state index is 11.7. The number of phosphoric acid groups is 1. The van der Waals surface area contributed by atoms with E-state index in [1.807, 2.05) is 60.7 Å². The minimum absolute atomic E-state index is 0.0450. The summed E-state index contributed by atoms with van der Waals surface area (Å²) < 4.78 is 21.8. The first kappa shape index (κ1) is 21.3. The Labute approximate surface area is 156 Å². The van der Waals surface area contributed by atoms with Crippen LogP contribution in [0, 0.1) is 0 Å². The Hall–Kier alpha value is -0.710. The Kier molecular flexibility index (Phi) is 9.17. The molecule has 0 fully saturated rings. The van der Waals surface area contributed by atoms with Crippen LogP contribution in [0.25, 0.3) is 0 Å². The van der Waals surface area contributed by atoms with Gasteiger partial charge in [-0.15, -0.1) is 0 Å². The summed E-state index contributed by atoms with van der Waals surface area (Å²) in [6.45, 7) is 6.40.